The number of amides is 1. The van der Waals surface area contributed by atoms with E-state index in [0.717, 1.165) is 43.8 Å². The number of hydrogen-bond donors (Lipinski definition) is 0. The Bertz CT molecular complexity index is 578. The molecular weight excluding hydrogens is 320 g/mol. The molecule has 2 saturated heterocycles. The van der Waals surface area contributed by atoms with Crippen molar-refractivity contribution in [2.24, 2.45) is 0 Å². The molecule has 0 aliphatic carbocycles. The number of carbonyl (C=O) groups excluding carboxylic acids is 1. The SMILES string of the molecule is CCC(=O)N1CCC[C@@H]1[C@H]1CCCN1CC[S@@](=O)c1ccccc1. The fraction of sp³-hybridized carbons (Fsp3) is 0.632. The number of benzene rings is 1. The van der Waals surface area contributed by atoms with Crippen molar-refractivity contribution in [2.75, 3.05) is 25.4 Å². The van der Waals surface area contributed by atoms with Crippen LogP contribution in [0.2, 0.25) is 0 Å². The van der Waals surface area contributed by atoms with Gasteiger partial charge in [-0.25, -0.2) is 0 Å². The van der Waals surface area contributed by atoms with Gasteiger partial charge in [-0.3, -0.25) is 13.9 Å². The molecule has 0 unspecified atom stereocenters. The molecule has 0 saturated carbocycles. The minimum Gasteiger partial charge on any atom is -0.338 e. The van der Waals surface area contributed by atoms with Gasteiger partial charge < -0.3 is 4.90 Å². The molecule has 2 aliphatic rings. The molecule has 1 aromatic rings. The van der Waals surface area contributed by atoms with Gasteiger partial charge in [-0.15, -0.1) is 0 Å². The Labute approximate surface area is 147 Å². The Morgan fingerprint density at radius 2 is 1.83 bits per heavy atom. The summed E-state index contributed by atoms with van der Waals surface area (Å²) in [4.78, 5) is 17.7. The molecule has 2 fully saturated rings. The highest BCUT2D eigenvalue weighted by molar-refractivity contribution is 7.85. The van der Waals surface area contributed by atoms with Crippen LogP contribution in [0.4, 0.5) is 0 Å². The highest BCUT2D eigenvalue weighted by Gasteiger charge is 2.39. The second-order valence-corrected chi connectivity index (χ2v) is 8.33. The van der Waals surface area contributed by atoms with Crippen LogP contribution in [0.1, 0.15) is 39.0 Å². The zero-order chi connectivity index (χ0) is 16.9. The predicted molar refractivity (Wildman–Crippen MR) is 97.3 cm³/mol. The molecule has 0 spiro atoms. The fourth-order valence-corrected chi connectivity index (χ4v) is 5.26. The minimum atomic E-state index is -0.937. The predicted octanol–water partition coefficient (Wildman–Crippen LogP) is 2.66. The van der Waals surface area contributed by atoms with Crippen molar-refractivity contribution in [1.29, 1.82) is 0 Å². The van der Waals surface area contributed by atoms with Gasteiger partial charge in [0, 0.05) is 42.2 Å². The van der Waals surface area contributed by atoms with E-state index in [1.165, 1.54) is 6.42 Å². The van der Waals surface area contributed by atoms with Crippen LogP contribution in [0.15, 0.2) is 35.2 Å². The second-order valence-electron chi connectivity index (χ2n) is 6.76. The summed E-state index contributed by atoms with van der Waals surface area (Å²) in [6.45, 7) is 4.79. The van der Waals surface area contributed by atoms with Gasteiger partial charge >= 0.3 is 0 Å². The van der Waals surface area contributed by atoms with E-state index in [-0.39, 0.29) is 5.91 Å². The van der Waals surface area contributed by atoms with Crippen LogP contribution < -0.4 is 0 Å². The van der Waals surface area contributed by atoms with Gasteiger partial charge in [-0.2, -0.15) is 0 Å². The summed E-state index contributed by atoms with van der Waals surface area (Å²) in [5.41, 5.74) is 0. The van der Waals surface area contributed by atoms with Gasteiger partial charge in [-0.05, 0) is 44.4 Å². The van der Waals surface area contributed by atoms with Crippen LogP contribution >= 0.6 is 0 Å². The van der Waals surface area contributed by atoms with Crippen molar-refractivity contribution >= 4 is 16.7 Å². The molecule has 1 amide bonds. The van der Waals surface area contributed by atoms with E-state index in [1.807, 2.05) is 37.3 Å². The van der Waals surface area contributed by atoms with Crippen molar-refractivity contribution in [3.63, 3.8) is 0 Å². The summed E-state index contributed by atoms with van der Waals surface area (Å²) < 4.78 is 12.5. The second kappa shape index (κ2) is 8.26. The van der Waals surface area contributed by atoms with Crippen LogP contribution in [0.25, 0.3) is 0 Å². The Morgan fingerprint density at radius 3 is 2.58 bits per heavy atom. The van der Waals surface area contributed by atoms with E-state index in [9.17, 15) is 9.00 Å². The van der Waals surface area contributed by atoms with Crippen molar-refractivity contribution in [1.82, 2.24) is 9.80 Å². The Kier molecular flexibility index (Phi) is 6.06. The lowest BCUT2D eigenvalue weighted by atomic mass is 10.0. The van der Waals surface area contributed by atoms with Crippen LogP contribution in [-0.2, 0) is 15.6 Å². The molecule has 0 bridgehead atoms. The maximum absolute atomic E-state index is 12.5. The van der Waals surface area contributed by atoms with Crippen LogP contribution in [0, 0.1) is 0 Å². The summed E-state index contributed by atoms with van der Waals surface area (Å²) >= 11 is 0. The molecule has 5 heteroatoms. The molecule has 2 aliphatic heterocycles. The van der Waals surface area contributed by atoms with Crippen molar-refractivity contribution < 1.29 is 9.00 Å². The summed E-state index contributed by atoms with van der Waals surface area (Å²) in [7, 11) is -0.937. The van der Waals surface area contributed by atoms with E-state index in [1.54, 1.807) is 0 Å². The quantitative estimate of drug-likeness (QED) is 0.793. The van der Waals surface area contributed by atoms with Crippen molar-refractivity contribution in [2.45, 2.75) is 56.0 Å². The van der Waals surface area contributed by atoms with Crippen LogP contribution in [0.3, 0.4) is 0 Å². The van der Waals surface area contributed by atoms with E-state index in [4.69, 9.17) is 0 Å². The summed E-state index contributed by atoms with van der Waals surface area (Å²) in [6.07, 6.45) is 5.19. The number of carbonyl (C=O) groups is 1. The number of hydrogen-bond acceptors (Lipinski definition) is 3. The van der Waals surface area contributed by atoms with E-state index in [0.29, 0.717) is 24.3 Å². The lowest BCUT2D eigenvalue weighted by Crippen LogP contribution is -2.48. The molecule has 3 rings (SSSR count). The van der Waals surface area contributed by atoms with Gasteiger partial charge in [0.2, 0.25) is 5.91 Å². The number of nitrogens with zero attached hydrogens (tertiary/aromatic N) is 2. The average Bonchev–Trinajstić information content (AvgIpc) is 3.28. The molecule has 1 aromatic carbocycles. The zero-order valence-corrected chi connectivity index (χ0v) is 15.3. The van der Waals surface area contributed by atoms with Gasteiger partial charge in [0.05, 0.1) is 10.8 Å². The topological polar surface area (TPSA) is 40.6 Å². The van der Waals surface area contributed by atoms with E-state index >= 15 is 0 Å². The van der Waals surface area contributed by atoms with Crippen molar-refractivity contribution in [3.8, 4) is 0 Å². The molecule has 2 heterocycles. The third kappa shape index (κ3) is 3.89. The van der Waals surface area contributed by atoms with Crippen molar-refractivity contribution in [3.05, 3.63) is 30.3 Å². The average molecular weight is 349 g/mol. The normalized spacial score (nSPS) is 26.0. The Hall–Kier alpha value is -1.20. The lowest BCUT2D eigenvalue weighted by Gasteiger charge is -2.35. The highest BCUT2D eigenvalue weighted by Crippen LogP contribution is 2.30. The van der Waals surface area contributed by atoms with Gasteiger partial charge in [0.25, 0.3) is 0 Å². The number of rotatable bonds is 6. The van der Waals surface area contributed by atoms with E-state index in [2.05, 4.69) is 9.80 Å². The van der Waals surface area contributed by atoms with Gasteiger partial charge in [0.15, 0.2) is 0 Å². The third-order valence-electron chi connectivity index (χ3n) is 5.35. The minimum absolute atomic E-state index is 0.289. The summed E-state index contributed by atoms with van der Waals surface area (Å²) in [5.74, 6) is 0.965. The fourth-order valence-electron chi connectivity index (χ4n) is 4.16. The first-order valence-corrected chi connectivity index (χ1v) is 10.5. The molecule has 0 aromatic heterocycles. The zero-order valence-electron chi connectivity index (χ0n) is 14.5. The largest absolute Gasteiger partial charge is 0.338 e. The Morgan fingerprint density at radius 1 is 1.12 bits per heavy atom. The first-order chi connectivity index (χ1) is 11.7. The molecule has 0 radical (unpaired) electrons. The van der Waals surface area contributed by atoms with E-state index < -0.39 is 10.8 Å². The summed E-state index contributed by atoms with van der Waals surface area (Å²) in [5, 5.41) is 0. The van der Waals surface area contributed by atoms with Gasteiger partial charge in [0.1, 0.15) is 0 Å². The Balaban J connectivity index is 1.59. The molecule has 3 atom stereocenters. The maximum atomic E-state index is 12.5. The summed E-state index contributed by atoms with van der Waals surface area (Å²) in [6, 6.07) is 10.5. The molecule has 24 heavy (non-hydrogen) atoms. The third-order valence-corrected chi connectivity index (χ3v) is 6.70. The highest BCUT2D eigenvalue weighted by atomic mass is 32.2. The first-order valence-electron chi connectivity index (χ1n) is 9.17. The molecular formula is C19H28N2O2S. The maximum Gasteiger partial charge on any atom is 0.222 e. The monoisotopic (exact) mass is 348 g/mol. The first kappa shape index (κ1) is 17.6. The molecule has 4 nitrogen and oxygen atoms in total. The molecule has 132 valence electrons. The smallest absolute Gasteiger partial charge is 0.222 e. The lowest BCUT2D eigenvalue weighted by molar-refractivity contribution is -0.132. The number of likely N-dealkylation sites (tertiary alicyclic amines) is 2. The van der Waals surface area contributed by atoms with Crippen LogP contribution in [0.5, 0.6) is 0 Å². The standard InChI is InChI=1S/C19H28N2O2S/c1-2-19(22)21-13-7-11-18(21)17-10-6-12-20(17)14-15-24(23)16-8-4-3-5-9-16/h3-5,8-9,17-18H,2,6-7,10-15H2,1H3/t17-,18-,24-/m1/s1. The van der Waals surface area contributed by atoms with Crippen LogP contribution in [-0.4, -0.2) is 57.4 Å². The van der Waals surface area contributed by atoms with Gasteiger partial charge in [-0.1, -0.05) is 25.1 Å². The molecule has 0 N–H and O–H groups in total.